The van der Waals surface area contributed by atoms with E-state index in [1.165, 1.54) is 51.6 Å². The molecule has 0 aliphatic carbocycles. The van der Waals surface area contributed by atoms with Crippen LogP contribution in [0.1, 0.15) is 52.4 Å². The summed E-state index contributed by atoms with van der Waals surface area (Å²) in [6.07, 6.45) is 8.12. The van der Waals surface area contributed by atoms with E-state index in [4.69, 9.17) is 9.47 Å². The zero-order chi connectivity index (χ0) is 14.1. The van der Waals surface area contributed by atoms with Gasteiger partial charge in [-0.05, 0) is 44.2 Å². The van der Waals surface area contributed by atoms with E-state index in [2.05, 4.69) is 18.7 Å². The maximum Gasteiger partial charge on any atom is 0.0640 e. The number of methoxy groups -OCH3 is 2. The minimum Gasteiger partial charge on any atom is -0.383 e. The number of hydrogen-bond donors (Lipinski definition) is 0. The van der Waals surface area contributed by atoms with E-state index < -0.39 is 0 Å². The van der Waals surface area contributed by atoms with Gasteiger partial charge in [-0.3, -0.25) is 4.90 Å². The second-order valence-electron chi connectivity index (χ2n) is 6.10. The summed E-state index contributed by atoms with van der Waals surface area (Å²) in [6, 6.07) is 0.427. The van der Waals surface area contributed by atoms with Gasteiger partial charge in [0.15, 0.2) is 0 Å². The fourth-order valence-electron chi connectivity index (χ4n) is 3.69. The van der Waals surface area contributed by atoms with Crippen molar-refractivity contribution in [3.63, 3.8) is 0 Å². The molecule has 0 aromatic carbocycles. The molecule has 19 heavy (non-hydrogen) atoms. The fraction of sp³-hybridized carbons (Fsp3) is 1.00. The Labute approximate surface area is 119 Å². The molecule has 0 saturated carbocycles. The quantitative estimate of drug-likeness (QED) is 0.642. The van der Waals surface area contributed by atoms with E-state index in [0.717, 1.165) is 13.2 Å². The van der Waals surface area contributed by atoms with Gasteiger partial charge < -0.3 is 9.47 Å². The number of hydrogen-bond acceptors (Lipinski definition) is 3. The topological polar surface area (TPSA) is 21.7 Å². The predicted molar refractivity (Wildman–Crippen MR) is 80.6 cm³/mol. The Morgan fingerprint density at radius 3 is 1.79 bits per heavy atom. The zero-order valence-electron chi connectivity index (χ0n) is 13.4. The largest absolute Gasteiger partial charge is 0.383 e. The Morgan fingerprint density at radius 2 is 1.42 bits per heavy atom. The summed E-state index contributed by atoms with van der Waals surface area (Å²) in [5.41, 5.74) is 0.616. The van der Waals surface area contributed by atoms with E-state index in [1.807, 2.05) is 0 Å². The molecular weight excluding hydrogens is 238 g/mol. The average Bonchev–Trinajstić information content (AvgIpc) is 2.40. The third-order valence-corrected chi connectivity index (χ3v) is 4.65. The molecule has 114 valence electrons. The van der Waals surface area contributed by atoms with Crippen molar-refractivity contribution in [1.82, 2.24) is 4.90 Å². The minimum absolute atomic E-state index is 0.427. The maximum atomic E-state index is 5.34. The van der Waals surface area contributed by atoms with Gasteiger partial charge in [0.25, 0.3) is 0 Å². The summed E-state index contributed by atoms with van der Waals surface area (Å²) >= 11 is 0. The Hall–Kier alpha value is -0.120. The molecule has 0 radical (unpaired) electrons. The average molecular weight is 271 g/mol. The smallest absolute Gasteiger partial charge is 0.0640 e. The van der Waals surface area contributed by atoms with E-state index >= 15 is 0 Å². The highest BCUT2D eigenvalue weighted by atomic mass is 16.5. The standard InChI is InChI=1S/C16H33NO2/c1-5-7-16(8-6-2)9-11-17(12-10-16)15(13-18-3)14-19-4/h15H,5-14H2,1-4H3. The summed E-state index contributed by atoms with van der Waals surface area (Å²) in [4.78, 5) is 2.57. The summed E-state index contributed by atoms with van der Waals surface area (Å²) in [5.74, 6) is 0. The van der Waals surface area contributed by atoms with Crippen LogP contribution in [0.4, 0.5) is 0 Å². The lowest BCUT2D eigenvalue weighted by Crippen LogP contribution is -2.48. The maximum absolute atomic E-state index is 5.34. The molecule has 3 nitrogen and oxygen atoms in total. The number of ether oxygens (including phenoxy) is 2. The molecule has 1 rings (SSSR count). The highest BCUT2D eigenvalue weighted by molar-refractivity contribution is 4.87. The van der Waals surface area contributed by atoms with Crippen LogP contribution in [0, 0.1) is 5.41 Å². The molecule has 1 aliphatic rings. The first-order chi connectivity index (χ1) is 9.21. The van der Waals surface area contributed by atoms with E-state index in [1.54, 1.807) is 14.2 Å². The first kappa shape index (κ1) is 16.9. The second kappa shape index (κ2) is 8.93. The molecule has 3 heteroatoms. The van der Waals surface area contributed by atoms with E-state index in [0.29, 0.717) is 11.5 Å². The lowest BCUT2D eigenvalue weighted by Gasteiger charge is -2.44. The van der Waals surface area contributed by atoms with Gasteiger partial charge in [0.2, 0.25) is 0 Å². The highest BCUT2D eigenvalue weighted by Gasteiger charge is 2.34. The van der Waals surface area contributed by atoms with Gasteiger partial charge in [-0.25, -0.2) is 0 Å². The Kier molecular flexibility index (Phi) is 7.96. The van der Waals surface area contributed by atoms with Crippen molar-refractivity contribution >= 4 is 0 Å². The molecule has 0 aromatic heterocycles. The molecule has 0 atom stereocenters. The van der Waals surface area contributed by atoms with Gasteiger partial charge in [-0.15, -0.1) is 0 Å². The molecule has 1 aliphatic heterocycles. The van der Waals surface area contributed by atoms with Crippen LogP contribution < -0.4 is 0 Å². The first-order valence-electron chi connectivity index (χ1n) is 7.93. The first-order valence-corrected chi connectivity index (χ1v) is 7.93. The second-order valence-corrected chi connectivity index (χ2v) is 6.10. The Bertz CT molecular complexity index is 211. The molecule has 1 fully saturated rings. The molecule has 0 unspecified atom stereocenters. The SMILES string of the molecule is CCCC1(CCC)CCN(C(COC)COC)CC1. The van der Waals surface area contributed by atoms with Crippen LogP contribution >= 0.6 is 0 Å². The molecular formula is C16H33NO2. The zero-order valence-corrected chi connectivity index (χ0v) is 13.4. The fourth-order valence-corrected chi connectivity index (χ4v) is 3.69. The summed E-state index contributed by atoms with van der Waals surface area (Å²) in [7, 11) is 3.57. The minimum atomic E-state index is 0.427. The molecule has 1 saturated heterocycles. The molecule has 0 amide bonds. The number of likely N-dealkylation sites (tertiary alicyclic amines) is 1. The van der Waals surface area contributed by atoms with Crippen LogP contribution in [0.3, 0.4) is 0 Å². The van der Waals surface area contributed by atoms with Gasteiger partial charge >= 0.3 is 0 Å². The van der Waals surface area contributed by atoms with Crippen molar-refractivity contribution in [2.24, 2.45) is 5.41 Å². The van der Waals surface area contributed by atoms with Gasteiger partial charge in [0.1, 0.15) is 0 Å². The van der Waals surface area contributed by atoms with Gasteiger partial charge in [-0.1, -0.05) is 26.7 Å². The normalized spacial score (nSPS) is 20.1. The van der Waals surface area contributed by atoms with Crippen LogP contribution in [0.15, 0.2) is 0 Å². The van der Waals surface area contributed by atoms with Crippen molar-refractivity contribution in [3.05, 3.63) is 0 Å². The van der Waals surface area contributed by atoms with Crippen molar-refractivity contribution in [1.29, 1.82) is 0 Å². The lowest BCUT2D eigenvalue weighted by atomic mass is 9.71. The molecule has 0 bridgehead atoms. The lowest BCUT2D eigenvalue weighted by molar-refractivity contribution is -0.00338. The molecule has 0 spiro atoms. The molecule has 1 heterocycles. The third-order valence-electron chi connectivity index (χ3n) is 4.65. The summed E-state index contributed by atoms with van der Waals surface area (Å²) in [6.45, 7) is 8.62. The molecule has 0 N–H and O–H groups in total. The van der Waals surface area contributed by atoms with E-state index in [9.17, 15) is 0 Å². The number of piperidine rings is 1. The predicted octanol–water partition coefficient (Wildman–Crippen LogP) is 3.33. The summed E-state index contributed by atoms with van der Waals surface area (Å²) in [5, 5.41) is 0. The van der Waals surface area contributed by atoms with Crippen molar-refractivity contribution in [2.45, 2.75) is 58.4 Å². The van der Waals surface area contributed by atoms with Gasteiger partial charge in [0, 0.05) is 14.2 Å². The Morgan fingerprint density at radius 1 is 0.947 bits per heavy atom. The van der Waals surface area contributed by atoms with Gasteiger partial charge in [-0.2, -0.15) is 0 Å². The summed E-state index contributed by atoms with van der Waals surface area (Å²) < 4.78 is 10.7. The van der Waals surface area contributed by atoms with Crippen molar-refractivity contribution < 1.29 is 9.47 Å². The van der Waals surface area contributed by atoms with Crippen LogP contribution in [0.2, 0.25) is 0 Å². The van der Waals surface area contributed by atoms with Crippen molar-refractivity contribution in [3.8, 4) is 0 Å². The van der Waals surface area contributed by atoms with Crippen LogP contribution in [-0.4, -0.2) is 51.5 Å². The Balaban J connectivity index is 2.52. The van der Waals surface area contributed by atoms with Crippen LogP contribution in [0.25, 0.3) is 0 Å². The number of nitrogens with zero attached hydrogens (tertiary/aromatic N) is 1. The van der Waals surface area contributed by atoms with Crippen molar-refractivity contribution in [2.75, 3.05) is 40.5 Å². The van der Waals surface area contributed by atoms with Crippen LogP contribution in [-0.2, 0) is 9.47 Å². The van der Waals surface area contributed by atoms with E-state index in [-0.39, 0.29) is 0 Å². The van der Waals surface area contributed by atoms with Crippen LogP contribution in [0.5, 0.6) is 0 Å². The number of rotatable bonds is 9. The molecule has 0 aromatic rings. The van der Waals surface area contributed by atoms with Gasteiger partial charge in [0.05, 0.1) is 19.3 Å². The third kappa shape index (κ3) is 5.05. The highest BCUT2D eigenvalue weighted by Crippen LogP contribution is 2.40. The monoisotopic (exact) mass is 271 g/mol.